The average molecular weight is 285 g/mol. The second kappa shape index (κ2) is 6.67. The Morgan fingerprint density at radius 2 is 1.76 bits per heavy atom. The summed E-state index contributed by atoms with van der Waals surface area (Å²) in [6.45, 7) is -0.0763. The molecule has 5 heteroatoms. The molecule has 0 unspecified atom stereocenters. The van der Waals surface area contributed by atoms with Crippen LogP contribution in [-0.2, 0) is 11.3 Å². The first kappa shape index (κ1) is 14.7. The highest BCUT2D eigenvalue weighted by Crippen LogP contribution is 2.17. The van der Waals surface area contributed by atoms with E-state index in [4.69, 9.17) is 5.11 Å². The highest BCUT2D eigenvalue weighted by atomic mass is 16.5. The number of nitrogens with one attached hydrogen (secondary N) is 1. The molecule has 5 nitrogen and oxygen atoms in total. The van der Waals surface area contributed by atoms with Crippen LogP contribution in [0.2, 0.25) is 0 Å². The third-order valence-corrected chi connectivity index (χ3v) is 2.98. The first-order chi connectivity index (χ1) is 10.2. The van der Waals surface area contributed by atoms with E-state index < -0.39 is 5.97 Å². The Labute approximate surface area is 122 Å². The van der Waals surface area contributed by atoms with E-state index in [0.29, 0.717) is 16.8 Å². The van der Waals surface area contributed by atoms with Gasteiger partial charge in [0.1, 0.15) is 0 Å². The number of aliphatic hydroxyl groups excluding tert-OH is 1. The Balaban J connectivity index is 2.21. The van der Waals surface area contributed by atoms with Crippen molar-refractivity contribution in [2.24, 2.45) is 0 Å². The van der Waals surface area contributed by atoms with Crippen molar-refractivity contribution in [3.63, 3.8) is 0 Å². The minimum Gasteiger partial charge on any atom is -0.465 e. The molecule has 0 aliphatic heterocycles. The number of rotatable bonds is 4. The fourth-order valence-electron chi connectivity index (χ4n) is 1.84. The normalized spacial score (nSPS) is 10.0. The van der Waals surface area contributed by atoms with Gasteiger partial charge in [-0.1, -0.05) is 24.3 Å². The standard InChI is InChI=1S/C16H15NO4/c1-21-16(20)13-4-2-3-5-14(13)17-15(19)12-8-6-11(10-18)7-9-12/h2-9,18H,10H2,1H3,(H,17,19). The van der Waals surface area contributed by atoms with Gasteiger partial charge in [0.2, 0.25) is 0 Å². The molecule has 0 bridgehead atoms. The van der Waals surface area contributed by atoms with Crippen LogP contribution in [0.15, 0.2) is 48.5 Å². The zero-order valence-electron chi connectivity index (χ0n) is 11.5. The number of aliphatic hydroxyl groups is 1. The van der Waals surface area contributed by atoms with Crippen molar-refractivity contribution in [2.45, 2.75) is 6.61 Å². The van der Waals surface area contributed by atoms with Crippen molar-refractivity contribution >= 4 is 17.6 Å². The minimum atomic E-state index is -0.512. The van der Waals surface area contributed by atoms with Crippen LogP contribution in [0, 0.1) is 0 Å². The fraction of sp³-hybridized carbons (Fsp3) is 0.125. The summed E-state index contributed by atoms with van der Waals surface area (Å²) in [4.78, 5) is 23.8. The summed E-state index contributed by atoms with van der Waals surface area (Å²) >= 11 is 0. The molecule has 21 heavy (non-hydrogen) atoms. The molecule has 1 amide bonds. The topological polar surface area (TPSA) is 75.6 Å². The average Bonchev–Trinajstić information content (AvgIpc) is 2.54. The van der Waals surface area contributed by atoms with Gasteiger partial charge in [0, 0.05) is 5.56 Å². The Morgan fingerprint density at radius 3 is 2.38 bits per heavy atom. The van der Waals surface area contributed by atoms with Gasteiger partial charge in [-0.25, -0.2) is 4.79 Å². The van der Waals surface area contributed by atoms with Crippen LogP contribution < -0.4 is 5.32 Å². The summed E-state index contributed by atoms with van der Waals surface area (Å²) < 4.78 is 4.68. The molecule has 0 atom stereocenters. The molecule has 0 radical (unpaired) electrons. The lowest BCUT2D eigenvalue weighted by atomic mass is 10.1. The lowest BCUT2D eigenvalue weighted by molar-refractivity contribution is 0.0602. The lowest BCUT2D eigenvalue weighted by Gasteiger charge is -2.09. The molecule has 0 fully saturated rings. The van der Waals surface area contributed by atoms with Crippen molar-refractivity contribution in [1.29, 1.82) is 0 Å². The third kappa shape index (κ3) is 3.46. The number of para-hydroxylation sites is 1. The van der Waals surface area contributed by atoms with Crippen molar-refractivity contribution < 1.29 is 19.4 Å². The van der Waals surface area contributed by atoms with Crippen LogP contribution in [0.3, 0.4) is 0 Å². The van der Waals surface area contributed by atoms with Crippen molar-refractivity contribution in [3.05, 3.63) is 65.2 Å². The van der Waals surface area contributed by atoms with E-state index in [9.17, 15) is 9.59 Å². The number of amides is 1. The van der Waals surface area contributed by atoms with Gasteiger partial charge in [-0.05, 0) is 29.8 Å². The molecule has 2 N–H and O–H groups in total. The maximum Gasteiger partial charge on any atom is 0.339 e. The molecule has 0 saturated heterocycles. The predicted molar refractivity (Wildman–Crippen MR) is 78.1 cm³/mol. The van der Waals surface area contributed by atoms with E-state index in [1.165, 1.54) is 7.11 Å². The number of methoxy groups -OCH3 is 1. The van der Waals surface area contributed by atoms with Crippen LogP contribution in [0.5, 0.6) is 0 Å². The number of ether oxygens (including phenoxy) is 1. The summed E-state index contributed by atoms with van der Waals surface area (Å²) in [6, 6.07) is 13.2. The van der Waals surface area contributed by atoms with Gasteiger partial charge in [0.25, 0.3) is 5.91 Å². The number of hydrogen-bond donors (Lipinski definition) is 2. The molecule has 0 aromatic heterocycles. The molecule has 0 aliphatic carbocycles. The maximum atomic E-state index is 12.2. The highest BCUT2D eigenvalue weighted by Gasteiger charge is 2.14. The van der Waals surface area contributed by atoms with E-state index in [1.807, 2.05) is 0 Å². The first-order valence-corrected chi connectivity index (χ1v) is 6.34. The Morgan fingerprint density at radius 1 is 1.10 bits per heavy atom. The van der Waals surface area contributed by atoms with Crippen LogP contribution in [-0.4, -0.2) is 24.1 Å². The van der Waals surface area contributed by atoms with Crippen LogP contribution in [0.25, 0.3) is 0 Å². The van der Waals surface area contributed by atoms with Crippen LogP contribution in [0.4, 0.5) is 5.69 Å². The molecular formula is C16H15NO4. The largest absolute Gasteiger partial charge is 0.465 e. The quantitative estimate of drug-likeness (QED) is 0.845. The van der Waals surface area contributed by atoms with Gasteiger partial charge in [-0.3, -0.25) is 4.79 Å². The molecular weight excluding hydrogens is 270 g/mol. The summed E-state index contributed by atoms with van der Waals surface area (Å²) in [5.74, 6) is -0.850. The molecule has 0 saturated carbocycles. The maximum absolute atomic E-state index is 12.2. The van der Waals surface area contributed by atoms with E-state index in [-0.39, 0.29) is 12.5 Å². The lowest BCUT2D eigenvalue weighted by Crippen LogP contribution is -2.15. The Hall–Kier alpha value is -2.66. The number of hydrogen-bond acceptors (Lipinski definition) is 4. The highest BCUT2D eigenvalue weighted by molar-refractivity contribution is 6.07. The summed E-state index contributed by atoms with van der Waals surface area (Å²) in [5.41, 5.74) is 1.84. The molecule has 2 rings (SSSR count). The number of benzene rings is 2. The van der Waals surface area contributed by atoms with Crippen molar-refractivity contribution in [1.82, 2.24) is 0 Å². The molecule has 2 aromatic carbocycles. The van der Waals surface area contributed by atoms with E-state index in [1.54, 1.807) is 48.5 Å². The van der Waals surface area contributed by atoms with E-state index in [0.717, 1.165) is 5.56 Å². The summed E-state index contributed by atoms with van der Waals surface area (Å²) in [6.07, 6.45) is 0. The Bertz CT molecular complexity index is 650. The van der Waals surface area contributed by atoms with Crippen molar-refractivity contribution in [3.8, 4) is 0 Å². The third-order valence-electron chi connectivity index (χ3n) is 2.98. The smallest absolute Gasteiger partial charge is 0.339 e. The van der Waals surface area contributed by atoms with E-state index in [2.05, 4.69) is 10.1 Å². The molecule has 2 aromatic rings. The van der Waals surface area contributed by atoms with Gasteiger partial charge >= 0.3 is 5.97 Å². The second-order valence-electron chi connectivity index (χ2n) is 4.35. The Kier molecular flexibility index (Phi) is 4.68. The van der Waals surface area contributed by atoms with Crippen LogP contribution >= 0.6 is 0 Å². The SMILES string of the molecule is COC(=O)c1ccccc1NC(=O)c1ccc(CO)cc1. The number of esters is 1. The molecule has 0 heterocycles. The van der Waals surface area contributed by atoms with Gasteiger partial charge < -0.3 is 15.2 Å². The summed E-state index contributed by atoms with van der Waals surface area (Å²) in [5, 5.41) is 11.7. The first-order valence-electron chi connectivity index (χ1n) is 6.34. The van der Waals surface area contributed by atoms with Crippen molar-refractivity contribution in [2.75, 3.05) is 12.4 Å². The zero-order chi connectivity index (χ0) is 15.2. The van der Waals surface area contributed by atoms with Gasteiger partial charge in [0.15, 0.2) is 0 Å². The van der Waals surface area contributed by atoms with E-state index >= 15 is 0 Å². The zero-order valence-corrected chi connectivity index (χ0v) is 11.5. The number of anilines is 1. The summed E-state index contributed by atoms with van der Waals surface area (Å²) in [7, 11) is 1.29. The van der Waals surface area contributed by atoms with Gasteiger partial charge in [-0.15, -0.1) is 0 Å². The second-order valence-corrected chi connectivity index (χ2v) is 4.35. The minimum absolute atomic E-state index is 0.0763. The predicted octanol–water partition coefficient (Wildman–Crippen LogP) is 2.22. The van der Waals surface area contributed by atoms with Gasteiger partial charge in [0.05, 0.1) is 25.0 Å². The molecule has 0 aliphatic rings. The number of carbonyl (C=O) groups is 2. The molecule has 108 valence electrons. The van der Waals surface area contributed by atoms with Crippen LogP contribution in [0.1, 0.15) is 26.3 Å². The van der Waals surface area contributed by atoms with Gasteiger partial charge in [-0.2, -0.15) is 0 Å². The monoisotopic (exact) mass is 285 g/mol. The molecule has 0 spiro atoms. The number of carbonyl (C=O) groups excluding carboxylic acids is 2. The fourth-order valence-corrected chi connectivity index (χ4v) is 1.84.